The largest absolute Gasteiger partial charge is 0.507 e. The first-order valence-corrected chi connectivity index (χ1v) is 6.28. The summed E-state index contributed by atoms with van der Waals surface area (Å²) < 4.78 is 4.78. The Kier molecular flexibility index (Phi) is 5.85. The third-order valence-corrected chi connectivity index (χ3v) is 2.63. The van der Waals surface area contributed by atoms with Gasteiger partial charge in [-0.25, -0.2) is 0 Å². The zero-order valence-electron chi connectivity index (χ0n) is 11.2. The van der Waals surface area contributed by atoms with E-state index in [1.807, 2.05) is 0 Å². The van der Waals surface area contributed by atoms with Gasteiger partial charge < -0.3 is 15.2 Å². The van der Waals surface area contributed by atoms with E-state index >= 15 is 0 Å². The number of hydrogen-bond acceptors (Lipinski definition) is 4. The molecule has 0 heterocycles. The van der Waals surface area contributed by atoms with E-state index in [1.165, 1.54) is 0 Å². The molecule has 1 aromatic carbocycles. The molecule has 0 unspecified atom stereocenters. The first-order valence-electron chi connectivity index (χ1n) is 6.28. The Bertz CT molecular complexity index is 457. The fourth-order valence-corrected chi connectivity index (χ4v) is 1.61. The number of esters is 1. The van der Waals surface area contributed by atoms with Crippen molar-refractivity contribution in [1.29, 1.82) is 0 Å². The van der Waals surface area contributed by atoms with Crippen LogP contribution in [0.1, 0.15) is 35.7 Å². The molecule has 0 saturated heterocycles. The highest BCUT2D eigenvalue weighted by molar-refractivity contribution is 5.97. The van der Waals surface area contributed by atoms with E-state index in [9.17, 15) is 14.7 Å². The van der Waals surface area contributed by atoms with Crippen LogP contribution in [0.4, 0.5) is 0 Å². The lowest BCUT2D eigenvalue weighted by atomic mass is 10.1. The lowest BCUT2D eigenvalue weighted by Gasteiger charge is -2.08. The van der Waals surface area contributed by atoms with Crippen molar-refractivity contribution in [2.24, 2.45) is 0 Å². The molecule has 0 aliphatic heterocycles. The highest BCUT2D eigenvalue weighted by Gasteiger charge is 2.11. The van der Waals surface area contributed by atoms with Gasteiger partial charge in [0.15, 0.2) is 0 Å². The molecule has 0 bridgehead atoms. The third kappa shape index (κ3) is 4.62. The second-order valence-electron chi connectivity index (χ2n) is 4.14. The van der Waals surface area contributed by atoms with Crippen LogP contribution in [0.15, 0.2) is 18.2 Å². The number of nitrogens with one attached hydrogen (secondary N) is 1. The molecule has 1 aromatic rings. The molecule has 0 spiro atoms. The number of rotatable bonds is 6. The standard InChI is InChI=1S/C14H19NO4/c1-3-19-12(16)8-5-9-15-14(18)11-7-4-6-10(2)13(11)17/h4,6-7,17H,3,5,8-9H2,1-2H3,(H,15,18). The Morgan fingerprint density at radius 2 is 2.11 bits per heavy atom. The van der Waals surface area contributed by atoms with Crippen molar-refractivity contribution >= 4 is 11.9 Å². The van der Waals surface area contributed by atoms with Gasteiger partial charge in [-0.1, -0.05) is 12.1 Å². The summed E-state index contributed by atoms with van der Waals surface area (Å²) >= 11 is 0. The Balaban J connectivity index is 2.40. The summed E-state index contributed by atoms with van der Waals surface area (Å²) in [5.41, 5.74) is 0.898. The van der Waals surface area contributed by atoms with Crippen molar-refractivity contribution in [3.8, 4) is 5.75 Å². The van der Waals surface area contributed by atoms with Gasteiger partial charge in [0.05, 0.1) is 12.2 Å². The van der Waals surface area contributed by atoms with Gasteiger partial charge in [0, 0.05) is 13.0 Å². The van der Waals surface area contributed by atoms with Crippen molar-refractivity contribution in [1.82, 2.24) is 5.32 Å². The summed E-state index contributed by atoms with van der Waals surface area (Å²) in [4.78, 5) is 22.9. The predicted octanol–water partition coefficient (Wildman–Crippen LogP) is 1.77. The Labute approximate surface area is 112 Å². The molecule has 0 radical (unpaired) electrons. The van der Waals surface area contributed by atoms with Crippen molar-refractivity contribution < 1.29 is 19.4 Å². The number of carbonyl (C=O) groups excluding carboxylic acids is 2. The van der Waals surface area contributed by atoms with E-state index in [0.29, 0.717) is 25.1 Å². The molecule has 0 atom stereocenters. The molecule has 1 rings (SSSR count). The van der Waals surface area contributed by atoms with Crippen LogP contribution in [0, 0.1) is 6.92 Å². The van der Waals surface area contributed by atoms with E-state index in [-0.39, 0.29) is 29.6 Å². The number of phenolic OH excluding ortho intramolecular Hbond substituents is 1. The van der Waals surface area contributed by atoms with Gasteiger partial charge in [0.25, 0.3) is 5.91 Å². The minimum atomic E-state index is -0.343. The zero-order chi connectivity index (χ0) is 14.3. The second-order valence-corrected chi connectivity index (χ2v) is 4.14. The van der Waals surface area contributed by atoms with E-state index in [1.54, 1.807) is 32.0 Å². The number of hydrogen-bond donors (Lipinski definition) is 2. The molecule has 5 nitrogen and oxygen atoms in total. The third-order valence-electron chi connectivity index (χ3n) is 2.63. The summed E-state index contributed by atoms with van der Waals surface area (Å²) in [5, 5.41) is 12.4. The summed E-state index contributed by atoms with van der Waals surface area (Å²) in [6.45, 7) is 4.21. The number of ether oxygens (including phenoxy) is 1. The van der Waals surface area contributed by atoms with Gasteiger partial charge in [0.2, 0.25) is 0 Å². The van der Waals surface area contributed by atoms with Crippen LogP contribution >= 0.6 is 0 Å². The minimum Gasteiger partial charge on any atom is -0.507 e. The highest BCUT2D eigenvalue weighted by atomic mass is 16.5. The van der Waals surface area contributed by atoms with Gasteiger partial charge in [-0.05, 0) is 31.9 Å². The molecule has 1 amide bonds. The average Bonchev–Trinajstić information content (AvgIpc) is 2.38. The maximum atomic E-state index is 11.8. The van der Waals surface area contributed by atoms with Gasteiger partial charge >= 0.3 is 5.97 Å². The van der Waals surface area contributed by atoms with Crippen LogP contribution in [0.2, 0.25) is 0 Å². The van der Waals surface area contributed by atoms with Crippen molar-refractivity contribution in [3.63, 3.8) is 0 Å². The topological polar surface area (TPSA) is 75.6 Å². The molecule has 2 N–H and O–H groups in total. The van der Waals surface area contributed by atoms with E-state index < -0.39 is 0 Å². The summed E-state index contributed by atoms with van der Waals surface area (Å²) in [5.74, 6) is -0.620. The summed E-state index contributed by atoms with van der Waals surface area (Å²) in [6.07, 6.45) is 0.783. The van der Waals surface area contributed by atoms with Crippen LogP contribution in [0.3, 0.4) is 0 Å². The number of aryl methyl sites for hydroxylation is 1. The smallest absolute Gasteiger partial charge is 0.305 e. The number of benzene rings is 1. The van der Waals surface area contributed by atoms with Crippen LogP contribution in [-0.2, 0) is 9.53 Å². The number of phenols is 1. The molecular formula is C14H19NO4. The first kappa shape index (κ1) is 15.0. The van der Waals surface area contributed by atoms with Crippen LogP contribution < -0.4 is 5.32 Å². The molecule has 0 aromatic heterocycles. The molecule has 0 saturated carbocycles. The lowest BCUT2D eigenvalue weighted by Crippen LogP contribution is -2.25. The van der Waals surface area contributed by atoms with E-state index in [4.69, 9.17) is 4.74 Å². The molecular weight excluding hydrogens is 246 g/mol. The first-order chi connectivity index (χ1) is 9.06. The molecule has 5 heteroatoms. The van der Waals surface area contributed by atoms with Crippen LogP contribution in [0.5, 0.6) is 5.75 Å². The number of carbonyl (C=O) groups is 2. The number of amides is 1. The normalized spacial score (nSPS) is 10.0. The SMILES string of the molecule is CCOC(=O)CCCNC(=O)c1cccc(C)c1O. The van der Waals surface area contributed by atoms with Gasteiger partial charge in [-0.2, -0.15) is 0 Å². The van der Waals surface area contributed by atoms with E-state index in [2.05, 4.69) is 5.32 Å². The monoisotopic (exact) mass is 265 g/mol. The van der Waals surface area contributed by atoms with Crippen molar-refractivity contribution in [2.45, 2.75) is 26.7 Å². The second kappa shape index (κ2) is 7.41. The molecule has 104 valence electrons. The maximum absolute atomic E-state index is 11.8. The fraction of sp³-hybridized carbons (Fsp3) is 0.429. The van der Waals surface area contributed by atoms with Crippen molar-refractivity contribution in [3.05, 3.63) is 29.3 Å². The van der Waals surface area contributed by atoms with Gasteiger partial charge in [0.1, 0.15) is 5.75 Å². The summed E-state index contributed by atoms with van der Waals surface area (Å²) in [7, 11) is 0. The van der Waals surface area contributed by atoms with Crippen LogP contribution in [-0.4, -0.2) is 30.1 Å². The molecule has 19 heavy (non-hydrogen) atoms. The van der Waals surface area contributed by atoms with Crippen LogP contribution in [0.25, 0.3) is 0 Å². The highest BCUT2D eigenvalue weighted by Crippen LogP contribution is 2.20. The number of aromatic hydroxyl groups is 1. The number of para-hydroxylation sites is 1. The summed E-state index contributed by atoms with van der Waals surface area (Å²) in [6, 6.07) is 5.00. The average molecular weight is 265 g/mol. The lowest BCUT2D eigenvalue weighted by molar-refractivity contribution is -0.143. The van der Waals surface area contributed by atoms with E-state index in [0.717, 1.165) is 0 Å². The quantitative estimate of drug-likeness (QED) is 0.607. The Morgan fingerprint density at radius 1 is 1.37 bits per heavy atom. The zero-order valence-corrected chi connectivity index (χ0v) is 11.2. The molecule has 0 aliphatic rings. The Morgan fingerprint density at radius 3 is 2.79 bits per heavy atom. The molecule has 0 aliphatic carbocycles. The fourth-order valence-electron chi connectivity index (χ4n) is 1.61. The van der Waals surface area contributed by atoms with Crippen molar-refractivity contribution in [2.75, 3.05) is 13.2 Å². The van der Waals surface area contributed by atoms with Gasteiger partial charge in [-0.3, -0.25) is 9.59 Å². The Hall–Kier alpha value is -2.04. The molecule has 0 fully saturated rings. The minimum absolute atomic E-state index is 0.00890. The van der Waals surface area contributed by atoms with Gasteiger partial charge in [-0.15, -0.1) is 0 Å². The predicted molar refractivity (Wildman–Crippen MR) is 71.0 cm³/mol. The maximum Gasteiger partial charge on any atom is 0.305 e.